The smallest absolute Gasteiger partial charge is 0.229 e. The van der Waals surface area contributed by atoms with E-state index in [1.54, 1.807) is 0 Å². The Kier molecular flexibility index (Phi) is 6.81. The lowest BCUT2D eigenvalue weighted by Gasteiger charge is -2.29. The first-order chi connectivity index (χ1) is 9.95. The Morgan fingerprint density at radius 1 is 1.29 bits per heavy atom. The maximum absolute atomic E-state index is 10.8. The number of ether oxygens (including phenoxy) is 1. The van der Waals surface area contributed by atoms with Gasteiger partial charge >= 0.3 is 0 Å². The Labute approximate surface area is 124 Å². The van der Waals surface area contributed by atoms with Gasteiger partial charge < -0.3 is 10.1 Å². The first-order valence-corrected chi connectivity index (χ1v) is 6.97. The van der Waals surface area contributed by atoms with Crippen molar-refractivity contribution in [3.63, 3.8) is 0 Å². The predicted molar refractivity (Wildman–Crippen MR) is 79.4 cm³/mol. The van der Waals surface area contributed by atoms with Gasteiger partial charge in [0.2, 0.25) is 13.0 Å². The zero-order valence-corrected chi connectivity index (χ0v) is 12.6. The third-order valence-electron chi connectivity index (χ3n) is 3.31. The van der Waals surface area contributed by atoms with Crippen molar-refractivity contribution in [3.05, 3.63) is 46.0 Å². The lowest BCUT2D eigenvalue weighted by atomic mass is 10.0. The summed E-state index contributed by atoms with van der Waals surface area (Å²) in [7, 11) is 0. The summed E-state index contributed by atoms with van der Waals surface area (Å²) in [6.07, 6.45) is -0.327. The van der Waals surface area contributed by atoms with Crippen LogP contribution in [0.1, 0.15) is 32.4 Å². The molecule has 0 spiro atoms. The molecule has 0 radical (unpaired) electrons. The van der Waals surface area contributed by atoms with Crippen LogP contribution in [0.25, 0.3) is 0 Å². The van der Waals surface area contributed by atoms with Crippen molar-refractivity contribution in [3.8, 4) is 0 Å². The van der Waals surface area contributed by atoms with E-state index >= 15 is 0 Å². The fourth-order valence-corrected chi connectivity index (χ4v) is 2.07. The summed E-state index contributed by atoms with van der Waals surface area (Å²) in [6, 6.07) is 9.12. The molecule has 0 aliphatic rings. The van der Waals surface area contributed by atoms with E-state index in [2.05, 4.69) is 5.32 Å². The minimum absolute atomic E-state index is 0.00467. The van der Waals surface area contributed by atoms with Crippen LogP contribution in [0.2, 0.25) is 0 Å². The minimum atomic E-state index is -0.513. The van der Waals surface area contributed by atoms with Crippen LogP contribution in [0.3, 0.4) is 0 Å². The number of carbonyl (C=O) groups excluding carboxylic acids is 1. The number of nitrogens with zero attached hydrogens (tertiary/aromatic N) is 1. The molecule has 0 unspecified atom stereocenters. The van der Waals surface area contributed by atoms with Crippen LogP contribution in [-0.2, 0) is 9.53 Å². The van der Waals surface area contributed by atoms with E-state index in [1.807, 2.05) is 51.1 Å². The van der Waals surface area contributed by atoms with Gasteiger partial charge in [0.15, 0.2) is 0 Å². The molecule has 0 aliphatic heterocycles. The lowest BCUT2D eigenvalue weighted by molar-refractivity contribution is -0.494. The fourth-order valence-electron chi connectivity index (χ4n) is 2.07. The first kappa shape index (κ1) is 17.1. The highest BCUT2D eigenvalue weighted by Crippen LogP contribution is 2.25. The highest BCUT2D eigenvalue weighted by Gasteiger charge is 2.28. The summed E-state index contributed by atoms with van der Waals surface area (Å²) in [5.74, 6) is 0.00467. The van der Waals surface area contributed by atoms with Crippen LogP contribution in [0.4, 0.5) is 0 Å². The molecule has 3 atom stereocenters. The monoisotopic (exact) mass is 294 g/mol. The van der Waals surface area contributed by atoms with Crippen molar-refractivity contribution in [1.29, 1.82) is 0 Å². The van der Waals surface area contributed by atoms with Crippen LogP contribution >= 0.6 is 0 Å². The van der Waals surface area contributed by atoms with Gasteiger partial charge in [-0.15, -0.1) is 0 Å². The zero-order valence-electron chi connectivity index (χ0n) is 12.6. The van der Waals surface area contributed by atoms with Gasteiger partial charge in [-0.2, -0.15) is 0 Å². The molecule has 0 heterocycles. The summed E-state index contributed by atoms with van der Waals surface area (Å²) < 4.78 is 5.96. The largest absolute Gasteiger partial charge is 0.361 e. The van der Waals surface area contributed by atoms with Gasteiger partial charge in [0.25, 0.3) is 0 Å². The van der Waals surface area contributed by atoms with E-state index in [4.69, 9.17) is 4.74 Å². The van der Waals surface area contributed by atoms with E-state index in [1.165, 1.54) is 0 Å². The molecule has 116 valence electrons. The van der Waals surface area contributed by atoms with Crippen molar-refractivity contribution in [2.45, 2.75) is 39.0 Å². The van der Waals surface area contributed by atoms with E-state index in [-0.39, 0.29) is 23.4 Å². The number of amides is 1. The average Bonchev–Trinajstić information content (AvgIpc) is 2.43. The molecule has 6 heteroatoms. The molecular weight excluding hydrogens is 272 g/mol. The van der Waals surface area contributed by atoms with Crippen LogP contribution < -0.4 is 5.32 Å². The molecule has 0 bridgehead atoms. The van der Waals surface area contributed by atoms with Crippen LogP contribution in [0, 0.1) is 16.0 Å². The first-order valence-electron chi connectivity index (χ1n) is 6.97. The standard InChI is InChI=1S/C15H22N2O4/c1-11(2)14(9-17(19)20)21-15(12(3)16-10-18)13-7-5-4-6-8-13/h4-8,10-12,14-15H,9H2,1-3H3,(H,16,18)/t12-,14+,15-/m0/s1. The van der Waals surface area contributed by atoms with Crippen LogP contribution in [0.15, 0.2) is 30.3 Å². The van der Waals surface area contributed by atoms with Crippen molar-refractivity contribution in [2.24, 2.45) is 5.92 Å². The third-order valence-corrected chi connectivity index (χ3v) is 3.31. The highest BCUT2D eigenvalue weighted by molar-refractivity contribution is 5.47. The molecule has 1 aromatic rings. The number of nitro groups is 1. The van der Waals surface area contributed by atoms with Gasteiger partial charge in [0, 0.05) is 4.92 Å². The molecule has 6 nitrogen and oxygen atoms in total. The molecule has 1 aromatic carbocycles. The average molecular weight is 294 g/mol. The molecule has 21 heavy (non-hydrogen) atoms. The molecule has 0 saturated heterocycles. The molecule has 0 aromatic heterocycles. The van der Waals surface area contributed by atoms with Gasteiger partial charge in [-0.25, -0.2) is 0 Å². The molecule has 0 fully saturated rings. The molecule has 0 saturated carbocycles. The summed E-state index contributed by atoms with van der Waals surface area (Å²) in [4.78, 5) is 21.1. The van der Waals surface area contributed by atoms with Crippen molar-refractivity contribution < 1.29 is 14.5 Å². The van der Waals surface area contributed by atoms with E-state index in [0.29, 0.717) is 6.41 Å². The second kappa shape index (κ2) is 8.36. The maximum atomic E-state index is 10.8. The molecular formula is C15H22N2O4. The van der Waals surface area contributed by atoms with Crippen molar-refractivity contribution in [2.75, 3.05) is 6.54 Å². The van der Waals surface area contributed by atoms with Gasteiger partial charge in [-0.05, 0) is 18.4 Å². The number of rotatable bonds is 9. The number of nitrogens with one attached hydrogen (secondary N) is 1. The Morgan fingerprint density at radius 2 is 1.90 bits per heavy atom. The van der Waals surface area contributed by atoms with Crippen molar-refractivity contribution >= 4 is 6.41 Å². The van der Waals surface area contributed by atoms with Gasteiger partial charge in [0.05, 0.1) is 6.04 Å². The third kappa shape index (κ3) is 5.51. The SMILES string of the molecule is CC(C)[C@@H](C[N+](=O)[O-])O[C@H](c1ccccc1)[C@H](C)NC=O. The second-order valence-corrected chi connectivity index (χ2v) is 5.34. The summed E-state index contributed by atoms with van der Waals surface area (Å²) in [5, 5.41) is 13.4. The predicted octanol–water partition coefficient (Wildman–Crippen LogP) is 2.18. The van der Waals surface area contributed by atoms with Crippen LogP contribution in [0.5, 0.6) is 0 Å². The van der Waals surface area contributed by atoms with Crippen molar-refractivity contribution in [1.82, 2.24) is 5.32 Å². The van der Waals surface area contributed by atoms with E-state index in [0.717, 1.165) is 5.56 Å². The minimum Gasteiger partial charge on any atom is -0.361 e. The molecule has 1 amide bonds. The highest BCUT2D eigenvalue weighted by atomic mass is 16.6. The molecule has 1 N–H and O–H groups in total. The Hall–Kier alpha value is -1.95. The number of benzene rings is 1. The Morgan fingerprint density at radius 3 is 2.38 bits per heavy atom. The van der Waals surface area contributed by atoms with Gasteiger partial charge in [-0.3, -0.25) is 14.9 Å². The lowest BCUT2D eigenvalue weighted by Crippen LogP contribution is -2.38. The maximum Gasteiger partial charge on any atom is 0.229 e. The summed E-state index contributed by atoms with van der Waals surface area (Å²) >= 11 is 0. The molecule has 1 rings (SSSR count). The number of hydrogen-bond acceptors (Lipinski definition) is 4. The Bertz CT molecular complexity index is 450. The van der Waals surface area contributed by atoms with Gasteiger partial charge in [0.1, 0.15) is 12.2 Å². The fraction of sp³-hybridized carbons (Fsp3) is 0.533. The van der Waals surface area contributed by atoms with E-state index in [9.17, 15) is 14.9 Å². The van der Waals surface area contributed by atoms with Crippen LogP contribution in [-0.4, -0.2) is 30.0 Å². The summed E-state index contributed by atoms with van der Waals surface area (Å²) in [6.45, 7) is 5.33. The van der Waals surface area contributed by atoms with E-state index < -0.39 is 12.2 Å². The van der Waals surface area contributed by atoms with Gasteiger partial charge in [-0.1, -0.05) is 44.2 Å². The normalized spacial score (nSPS) is 15.2. The number of hydrogen-bond donors (Lipinski definition) is 1. The topological polar surface area (TPSA) is 81.5 Å². The quantitative estimate of drug-likeness (QED) is 0.430. The number of carbonyl (C=O) groups is 1. The zero-order chi connectivity index (χ0) is 15.8. The molecule has 0 aliphatic carbocycles. The Balaban J connectivity index is 2.95. The summed E-state index contributed by atoms with van der Waals surface area (Å²) in [5.41, 5.74) is 0.883. The second-order valence-electron chi connectivity index (χ2n) is 5.34.